The van der Waals surface area contributed by atoms with Crippen LogP contribution >= 0.6 is 18.6 Å². The fourth-order valence-corrected chi connectivity index (χ4v) is 12.2. The summed E-state index contributed by atoms with van der Waals surface area (Å²) >= 11 is -0.556. The summed E-state index contributed by atoms with van der Waals surface area (Å²) < 4.78 is 0. The number of hydrogen-bond acceptors (Lipinski definition) is 1. The Bertz CT molecular complexity index is 751. The Labute approximate surface area is 221 Å². The van der Waals surface area contributed by atoms with Crippen LogP contribution in [0.25, 0.3) is 4.98 Å². The zero-order valence-corrected chi connectivity index (χ0v) is 25.5. The Hall–Kier alpha value is 0.491. The standard InChI is InChI=1S/C26H41N2Si.CH3.2ClH.Ti/c1-17-15-21-22(16-18(17)2)26(29(4,5)27-19-11-7-6-8-12-19)25-24(21)20-13-9-10-14-23(20)28(25)3;;;;/h6-8,11-12,17-18,20-26H,9-10,13-16H2,1-5H3;1H3;2*1H;/q2*-1;;;+2/p-2. The van der Waals surface area contributed by atoms with E-state index in [4.69, 9.17) is 23.6 Å². The summed E-state index contributed by atoms with van der Waals surface area (Å²) in [5.41, 5.74) is 2.04. The molecule has 1 aromatic carbocycles. The average Bonchev–Trinajstić information content (AvgIpc) is 3.23. The van der Waals surface area contributed by atoms with Crippen molar-refractivity contribution < 1.29 is 17.0 Å². The van der Waals surface area contributed by atoms with Gasteiger partial charge in [-0.2, -0.15) is 0 Å². The Kier molecular flexibility index (Phi) is 9.95. The fraction of sp³-hybridized carbons (Fsp3) is 0.741. The summed E-state index contributed by atoms with van der Waals surface area (Å²) in [7, 11) is 10.5. The Morgan fingerprint density at radius 1 is 0.939 bits per heavy atom. The topological polar surface area (TPSA) is 17.3 Å². The molecule has 9 unspecified atom stereocenters. The van der Waals surface area contributed by atoms with Crippen LogP contribution in [0.5, 0.6) is 0 Å². The van der Waals surface area contributed by atoms with Crippen LogP contribution in [0, 0.1) is 42.9 Å². The van der Waals surface area contributed by atoms with Crippen LogP contribution in [-0.4, -0.2) is 32.3 Å². The molecule has 0 amide bonds. The quantitative estimate of drug-likeness (QED) is 0.275. The number of nitrogens with zero attached hydrogens (tertiary/aromatic N) is 2. The van der Waals surface area contributed by atoms with Crippen molar-refractivity contribution in [1.82, 2.24) is 4.90 Å². The molecular formula is C27H44Cl2N2SiTi-2. The van der Waals surface area contributed by atoms with Gasteiger partial charge < -0.3 is 12.4 Å². The molecule has 0 bridgehead atoms. The molecule has 1 aliphatic heterocycles. The third kappa shape index (κ3) is 5.44. The first-order valence-electron chi connectivity index (χ1n) is 12.8. The van der Waals surface area contributed by atoms with Gasteiger partial charge in [0.15, 0.2) is 0 Å². The van der Waals surface area contributed by atoms with E-state index in [0.29, 0.717) is 0 Å². The first-order chi connectivity index (χ1) is 15.3. The number of hydrogen-bond donors (Lipinski definition) is 0. The van der Waals surface area contributed by atoms with Crippen molar-refractivity contribution in [1.29, 1.82) is 0 Å². The number of rotatable bonds is 3. The van der Waals surface area contributed by atoms with E-state index in [1.54, 1.807) is 0 Å². The number of halogens is 2. The molecule has 33 heavy (non-hydrogen) atoms. The van der Waals surface area contributed by atoms with Gasteiger partial charge >= 0.3 is 35.6 Å². The molecule has 9 atom stereocenters. The Morgan fingerprint density at radius 2 is 1.52 bits per heavy atom. The van der Waals surface area contributed by atoms with Crippen molar-refractivity contribution in [3.8, 4) is 0 Å². The van der Waals surface area contributed by atoms with Gasteiger partial charge in [-0.1, -0.05) is 70.1 Å². The maximum absolute atomic E-state index is 5.53. The fourth-order valence-electron chi connectivity index (χ4n) is 8.54. The van der Waals surface area contributed by atoms with Crippen LogP contribution in [0.4, 0.5) is 5.69 Å². The molecule has 0 N–H and O–H groups in total. The molecule has 1 aromatic rings. The molecule has 1 saturated heterocycles. The number of likely N-dealkylation sites (tertiary alicyclic amines) is 1. The van der Waals surface area contributed by atoms with E-state index in [2.05, 4.69) is 69.2 Å². The monoisotopic (exact) mass is 542 g/mol. The first kappa shape index (κ1) is 28.1. The summed E-state index contributed by atoms with van der Waals surface area (Å²) in [4.78, 5) is 8.44. The normalized spacial score (nSPS) is 39.8. The van der Waals surface area contributed by atoms with E-state index < -0.39 is 25.3 Å². The molecule has 0 aromatic heterocycles. The van der Waals surface area contributed by atoms with Gasteiger partial charge in [0.05, 0.1) is 0 Å². The summed E-state index contributed by atoms with van der Waals surface area (Å²) in [6, 6.07) is 12.5. The predicted octanol–water partition coefficient (Wildman–Crippen LogP) is 8.89. The molecule has 1 heterocycles. The van der Waals surface area contributed by atoms with Crippen molar-refractivity contribution in [3.63, 3.8) is 0 Å². The van der Waals surface area contributed by atoms with E-state index >= 15 is 0 Å². The van der Waals surface area contributed by atoms with Gasteiger partial charge in [0.25, 0.3) is 0 Å². The number of benzene rings is 1. The predicted molar refractivity (Wildman–Crippen MR) is 144 cm³/mol. The van der Waals surface area contributed by atoms with Gasteiger partial charge in [-0.25, -0.2) is 0 Å². The zero-order valence-electron chi connectivity index (χ0n) is 21.5. The molecule has 186 valence electrons. The third-order valence-electron chi connectivity index (χ3n) is 9.79. The average molecular weight is 544 g/mol. The summed E-state index contributed by atoms with van der Waals surface area (Å²) in [5.74, 6) is 5.58. The SMILES string of the molecule is CC1CC2C(CC1C)C([Si](C)(C)[N-]c1ccccc1)C1C2C2CCCCC2N1C.[CH3-].[Cl][Ti][Cl]. The summed E-state index contributed by atoms with van der Waals surface area (Å²) in [5, 5.41) is 0. The second-order valence-corrected chi connectivity index (χ2v) is 18.5. The van der Waals surface area contributed by atoms with Crippen LogP contribution < -0.4 is 0 Å². The van der Waals surface area contributed by atoms with Crippen molar-refractivity contribution in [2.24, 2.45) is 35.5 Å². The Balaban J connectivity index is 0.000000728. The molecule has 3 aliphatic carbocycles. The van der Waals surface area contributed by atoms with Crippen molar-refractivity contribution in [2.75, 3.05) is 7.05 Å². The van der Waals surface area contributed by atoms with Crippen molar-refractivity contribution in [3.05, 3.63) is 42.7 Å². The van der Waals surface area contributed by atoms with Gasteiger partial charge in [-0.05, 0) is 82.0 Å². The third-order valence-corrected chi connectivity index (χ3v) is 13.0. The van der Waals surface area contributed by atoms with Gasteiger partial charge in [0.1, 0.15) is 0 Å². The maximum atomic E-state index is 5.53. The van der Waals surface area contributed by atoms with Crippen molar-refractivity contribution in [2.45, 2.75) is 83.1 Å². The molecular weight excluding hydrogens is 499 g/mol. The second-order valence-electron chi connectivity index (χ2n) is 11.7. The first-order valence-corrected chi connectivity index (χ1v) is 20.1. The van der Waals surface area contributed by atoms with Crippen LogP contribution in [0.15, 0.2) is 30.3 Å². The van der Waals surface area contributed by atoms with Gasteiger partial charge in [0, 0.05) is 12.1 Å². The van der Waals surface area contributed by atoms with E-state index in [9.17, 15) is 0 Å². The summed E-state index contributed by atoms with van der Waals surface area (Å²) in [6.07, 6.45) is 8.80. The van der Waals surface area contributed by atoms with E-state index in [1.807, 2.05) is 0 Å². The van der Waals surface area contributed by atoms with Crippen LogP contribution in [0.2, 0.25) is 18.6 Å². The van der Waals surface area contributed by atoms with E-state index in [-0.39, 0.29) is 7.43 Å². The molecule has 4 fully saturated rings. The van der Waals surface area contributed by atoms with Gasteiger partial charge in [-0.15, -0.1) is 5.69 Å². The molecule has 6 heteroatoms. The molecule has 3 saturated carbocycles. The van der Waals surface area contributed by atoms with Crippen molar-refractivity contribution >= 4 is 32.5 Å². The molecule has 2 nitrogen and oxygen atoms in total. The van der Waals surface area contributed by atoms with Crippen LogP contribution in [0.3, 0.4) is 0 Å². The minimum atomic E-state index is -1.78. The molecule has 4 aliphatic rings. The molecule has 0 spiro atoms. The van der Waals surface area contributed by atoms with E-state index in [0.717, 1.165) is 53.1 Å². The van der Waals surface area contributed by atoms with Crippen LogP contribution in [0.1, 0.15) is 52.4 Å². The van der Waals surface area contributed by atoms with Crippen LogP contribution in [-0.2, 0) is 17.0 Å². The molecule has 0 radical (unpaired) electrons. The summed E-state index contributed by atoms with van der Waals surface area (Å²) in [6.45, 7) is 10.2. The minimum absolute atomic E-state index is 0. The van der Waals surface area contributed by atoms with Gasteiger partial charge in [-0.3, -0.25) is 4.90 Å². The zero-order chi connectivity index (χ0) is 23.0. The Morgan fingerprint density at radius 3 is 2.15 bits per heavy atom. The van der Waals surface area contributed by atoms with E-state index in [1.165, 1.54) is 44.2 Å². The van der Waals surface area contributed by atoms with Gasteiger partial charge in [0.2, 0.25) is 0 Å². The second kappa shape index (κ2) is 11.7. The number of fused-ring (bicyclic) bond motifs is 5. The molecule has 5 rings (SSSR count).